The molecule has 5 heteroatoms. The van der Waals surface area contributed by atoms with Crippen molar-refractivity contribution in [2.45, 2.75) is 26.3 Å². The molecule has 0 spiro atoms. The van der Waals surface area contributed by atoms with E-state index in [1.165, 1.54) is 19.4 Å². The summed E-state index contributed by atoms with van der Waals surface area (Å²) in [5.41, 5.74) is 5.55. The minimum atomic E-state index is 0.0676. The third-order valence-corrected chi connectivity index (χ3v) is 1.70. The Kier molecular flexibility index (Phi) is 4.64. The summed E-state index contributed by atoms with van der Waals surface area (Å²) in [6, 6.07) is 0. The summed E-state index contributed by atoms with van der Waals surface area (Å²) in [6.07, 6.45) is 0. The standard InChI is InChI=1S/C7H16N4.W/c1-7(2,3)11-5-10-6(8)9-4;/h11H,1-4H3,(H3,8,9,10);. The van der Waals surface area contributed by atoms with Crippen LogP contribution in [-0.2, 0) is 19.4 Å². The zero-order valence-corrected chi connectivity index (χ0v) is 10.9. The molecule has 0 bridgehead atoms. The van der Waals surface area contributed by atoms with Gasteiger partial charge < -0.3 is 0 Å². The number of rotatable bonds is 2. The maximum atomic E-state index is 5.48. The van der Waals surface area contributed by atoms with Gasteiger partial charge in [-0.1, -0.05) is 0 Å². The number of hydrogen-bond acceptors (Lipinski definition) is 2. The van der Waals surface area contributed by atoms with E-state index in [1.807, 2.05) is 0 Å². The van der Waals surface area contributed by atoms with Crippen LogP contribution in [0.2, 0.25) is 0 Å². The van der Waals surface area contributed by atoms with Crippen LogP contribution < -0.4 is 16.4 Å². The van der Waals surface area contributed by atoms with Gasteiger partial charge in [0.1, 0.15) is 0 Å². The second kappa shape index (κ2) is 4.73. The topological polar surface area (TPSA) is 62.4 Å². The molecule has 0 atom stereocenters. The molecule has 0 unspecified atom stereocenters. The number of hydrogen-bond donors (Lipinski definition) is 3. The molecule has 0 fully saturated rings. The van der Waals surface area contributed by atoms with Crippen molar-refractivity contribution in [2.24, 2.45) is 10.7 Å². The first kappa shape index (κ1) is 11.8. The van der Waals surface area contributed by atoms with E-state index in [4.69, 9.17) is 5.73 Å². The molecule has 70 valence electrons. The van der Waals surface area contributed by atoms with Gasteiger partial charge in [0.05, 0.1) is 0 Å². The Balaban J connectivity index is 3.92. The third kappa shape index (κ3) is 6.50. The second-order valence-corrected chi connectivity index (χ2v) is 4.90. The van der Waals surface area contributed by atoms with E-state index in [2.05, 4.69) is 36.4 Å². The van der Waals surface area contributed by atoms with Gasteiger partial charge >= 0.3 is 84.2 Å². The zero-order chi connectivity index (χ0) is 9.78. The van der Waals surface area contributed by atoms with Gasteiger partial charge in [0, 0.05) is 0 Å². The summed E-state index contributed by atoms with van der Waals surface area (Å²) in [7, 11) is 1.65. The molecule has 0 radical (unpaired) electrons. The van der Waals surface area contributed by atoms with E-state index in [9.17, 15) is 0 Å². The zero-order valence-electron chi connectivity index (χ0n) is 7.93. The molecule has 0 aromatic rings. The molecule has 0 saturated heterocycles. The van der Waals surface area contributed by atoms with Crippen LogP contribution in [0.3, 0.4) is 0 Å². The average molecular weight is 340 g/mol. The summed E-state index contributed by atoms with van der Waals surface area (Å²) >= 11 is 1.31. The SMILES string of the molecule is CN=C(N)N[C](=[W])NC(C)(C)C. The van der Waals surface area contributed by atoms with Crippen LogP contribution >= 0.6 is 0 Å². The Morgan fingerprint density at radius 3 is 2.25 bits per heavy atom. The van der Waals surface area contributed by atoms with Crippen molar-refractivity contribution >= 4 is 10.1 Å². The van der Waals surface area contributed by atoms with Crippen LogP contribution in [0.25, 0.3) is 0 Å². The second-order valence-electron chi connectivity index (χ2n) is 3.44. The van der Waals surface area contributed by atoms with Crippen LogP contribution in [0.5, 0.6) is 0 Å². The first-order valence-corrected chi connectivity index (χ1v) is 5.13. The van der Waals surface area contributed by atoms with E-state index in [0.29, 0.717) is 5.96 Å². The molecule has 0 aliphatic rings. The van der Waals surface area contributed by atoms with E-state index >= 15 is 0 Å². The predicted octanol–water partition coefficient (Wildman–Crippen LogP) is -0.457. The van der Waals surface area contributed by atoms with Crippen LogP contribution in [-0.4, -0.2) is 22.7 Å². The number of aliphatic imine (C=N–C) groups is 1. The van der Waals surface area contributed by atoms with Crippen LogP contribution in [0.4, 0.5) is 0 Å². The molecule has 12 heavy (non-hydrogen) atoms. The molecular formula is C7H16N4W. The van der Waals surface area contributed by atoms with Crippen LogP contribution in [0.15, 0.2) is 4.99 Å². The predicted molar refractivity (Wildman–Crippen MR) is 48.6 cm³/mol. The Bertz CT molecular complexity index is 192. The van der Waals surface area contributed by atoms with Crippen molar-refractivity contribution in [3.8, 4) is 0 Å². The summed E-state index contributed by atoms with van der Waals surface area (Å²) < 4.78 is 0.991. The van der Waals surface area contributed by atoms with Gasteiger partial charge in [0.2, 0.25) is 0 Å². The fourth-order valence-corrected chi connectivity index (χ4v) is 2.02. The molecule has 0 rings (SSSR count). The Labute approximate surface area is 84.4 Å². The quantitative estimate of drug-likeness (QED) is 0.471. The third-order valence-electron chi connectivity index (χ3n) is 0.971. The molecule has 0 aromatic carbocycles. The maximum absolute atomic E-state index is 5.48. The number of nitrogens with zero attached hydrogens (tertiary/aromatic N) is 1. The Hall–Kier alpha value is -0.212. The van der Waals surface area contributed by atoms with Crippen molar-refractivity contribution in [1.82, 2.24) is 10.6 Å². The summed E-state index contributed by atoms with van der Waals surface area (Å²) in [5, 5.41) is 6.22. The Morgan fingerprint density at radius 2 is 1.92 bits per heavy atom. The van der Waals surface area contributed by atoms with Gasteiger partial charge in [-0.2, -0.15) is 0 Å². The van der Waals surface area contributed by atoms with Gasteiger partial charge in [-0.3, -0.25) is 0 Å². The normalized spacial score (nSPS) is 12.8. The molecular weight excluding hydrogens is 324 g/mol. The van der Waals surface area contributed by atoms with E-state index in [-0.39, 0.29) is 5.54 Å². The molecule has 0 aromatic heterocycles. The number of guanidine groups is 1. The number of nitrogens with two attached hydrogens (primary N) is 1. The van der Waals surface area contributed by atoms with Crippen LogP contribution in [0, 0.1) is 0 Å². The summed E-state index contributed by atoms with van der Waals surface area (Å²) in [6.45, 7) is 6.28. The van der Waals surface area contributed by atoms with E-state index in [0.717, 1.165) is 4.15 Å². The van der Waals surface area contributed by atoms with Crippen molar-refractivity contribution in [3.05, 3.63) is 0 Å². The monoisotopic (exact) mass is 340 g/mol. The fraction of sp³-hybridized carbons (Fsp3) is 0.714. The van der Waals surface area contributed by atoms with Crippen molar-refractivity contribution in [3.63, 3.8) is 0 Å². The van der Waals surface area contributed by atoms with Gasteiger partial charge in [-0.15, -0.1) is 0 Å². The molecule has 4 nitrogen and oxygen atoms in total. The van der Waals surface area contributed by atoms with Crippen LogP contribution in [0.1, 0.15) is 20.8 Å². The minimum absolute atomic E-state index is 0.0676. The molecule has 4 N–H and O–H groups in total. The van der Waals surface area contributed by atoms with Crippen molar-refractivity contribution < 1.29 is 19.4 Å². The molecule has 0 amide bonds. The summed E-state index contributed by atoms with van der Waals surface area (Å²) in [4.78, 5) is 3.79. The van der Waals surface area contributed by atoms with Gasteiger partial charge in [-0.25, -0.2) is 0 Å². The van der Waals surface area contributed by atoms with E-state index in [1.54, 1.807) is 7.05 Å². The van der Waals surface area contributed by atoms with Crippen molar-refractivity contribution in [2.75, 3.05) is 7.05 Å². The van der Waals surface area contributed by atoms with Gasteiger partial charge in [0.15, 0.2) is 0 Å². The first-order valence-electron chi connectivity index (χ1n) is 3.66. The molecule has 0 saturated carbocycles. The average Bonchev–Trinajstić information content (AvgIpc) is 1.82. The van der Waals surface area contributed by atoms with Gasteiger partial charge in [-0.05, 0) is 0 Å². The number of nitrogens with one attached hydrogen (secondary N) is 2. The summed E-state index contributed by atoms with van der Waals surface area (Å²) in [5.74, 6) is 0.441. The molecule has 0 aliphatic carbocycles. The first-order chi connectivity index (χ1) is 5.35. The molecule has 0 heterocycles. The van der Waals surface area contributed by atoms with Gasteiger partial charge in [0.25, 0.3) is 0 Å². The Morgan fingerprint density at radius 1 is 1.42 bits per heavy atom. The fourth-order valence-electron chi connectivity index (χ4n) is 0.544. The van der Waals surface area contributed by atoms with E-state index < -0.39 is 0 Å². The van der Waals surface area contributed by atoms with Crippen molar-refractivity contribution in [1.29, 1.82) is 0 Å². The molecule has 0 aliphatic heterocycles.